The maximum absolute atomic E-state index is 12.5. The molecule has 0 unspecified atom stereocenters. The van der Waals surface area contributed by atoms with Crippen LogP contribution in [0.5, 0.6) is 11.5 Å². The standard InChI is InChI=1S/C26H37N5O3S/c1-33-22-11-8-19(16-23(22)34-2)24-28-30(26(35)31(24)21-6-4-3-5-7-21)17-29-14-12-18(13-15-29)25(32)27-20-9-10-20/h8,11,16,18,20-21H,3-7,9-10,12-15,17H2,1-2H3,(H,27,32). The second-order valence-electron chi connectivity index (χ2n) is 10.2. The molecule has 2 aromatic rings. The van der Waals surface area contributed by atoms with Crippen molar-refractivity contribution in [1.29, 1.82) is 0 Å². The monoisotopic (exact) mass is 499 g/mol. The van der Waals surface area contributed by atoms with Crippen molar-refractivity contribution in [1.82, 2.24) is 24.6 Å². The summed E-state index contributed by atoms with van der Waals surface area (Å²) in [5.41, 5.74) is 0.980. The van der Waals surface area contributed by atoms with E-state index in [1.54, 1.807) is 14.2 Å². The molecule has 1 aromatic heterocycles. The molecule has 0 spiro atoms. The van der Waals surface area contributed by atoms with Gasteiger partial charge in [0.1, 0.15) is 0 Å². The van der Waals surface area contributed by atoms with E-state index in [9.17, 15) is 4.79 Å². The molecular weight excluding hydrogens is 462 g/mol. The summed E-state index contributed by atoms with van der Waals surface area (Å²) in [7, 11) is 3.30. The number of ether oxygens (including phenoxy) is 2. The second-order valence-corrected chi connectivity index (χ2v) is 10.5. The summed E-state index contributed by atoms with van der Waals surface area (Å²) in [6.45, 7) is 2.41. The molecule has 2 heterocycles. The first-order valence-corrected chi connectivity index (χ1v) is 13.4. The van der Waals surface area contributed by atoms with Gasteiger partial charge in [-0.05, 0) is 68.9 Å². The molecule has 1 N–H and O–H groups in total. The molecule has 1 aromatic carbocycles. The van der Waals surface area contributed by atoms with E-state index >= 15 is 0 Å². The molecule has 1 amide bonds. The Morgan fingerprint density at radius 1 is 1.03 bits per heavy atom. The van der Waals surface area contributed by atoms with Gasteiger partial charge >= 0.3 is 0 Å². The Hall–Kier alpha value is -2.39. The number of hydrogen-bond acceptors (Lipinski definition) is 6. The summed E-state index contributed by atoms with van der Waals surface area (Å²) >= 11 is 6.01. The number of aromatic nitrogens is 3. The smallest absolute Gasteiger partial charge is 0.223 e. The van der Waals surface area contributed by atoms with Crippen LogP contribution in [0.25, 0.3) is 11.4 Å². The fraction of sp³-hybridized carbons (Fsp3) is 0.654. The average Bonchev–Trinajstić information content (AvgIpc) is 3.66. The number of hydrogen-bond donors (Lipinski definition) is 1. The minimum Gasteiger partial charge on any atom is -0.493 e. The number of amides is 1. The minimum absolute atomic E-state index is 0.127. The molecule has 5 rings (SSSR count). The van der Waals surface area contributed by atoms with Crippen molar-refractivity contribution in [3.63, 3.8) is 0 Å². The number of carbonyl (C=O) groups is 1. The Morgan fingerprint density at radius 3 is 2.40 bits per heavy atom. The van der Waals surface area contributed by atoms with Gasteiger partial charge < -0.3 is 14.8 Å². The van der Waals surface area contributed by atoms with Gasteiger partial charge in [-0.1, -0.05) is 19.3 Å². The predicted octanol–water partition coefficient (Wildman–Crippen LogP) is 4.55. The normalized spacial score (nSPS) is 20.1. The molecule has 9 heteroatoms. The molecule has 0 atom stereocenters. The zero-order chi connectivity index (χ0) is 24.4. The van der Waals surface area contributed by atoms with Gasteiger partial charge in [-0.25, -0.2) is 4.68 Å². The van der Waals surface area contributed by atoms with Crippen molar-refractivity contribution >= 4 is 18.1 Å². The van der Waals surface area contributed by atoms with Crippen LogP contribution in [0.1, 0.15) is 63.8 Å². The molecule has 35 heavy (non-hydrogen) atoms. The van der Waals surface area contributed by atoms with Crippen molar-refractivity contribution in [2.24, 2.45) is 5.92 Å². The first kappa shape index (κ1) is 24.3. The van der Waals surface area contributed by atoms with Gasteiger partial charge in [0.05, 0.1) is 20.9 Å². The molecule has 0 radical (unpaired) electrons. The van der Waals surface area contributed by atoms with E-state index in [4.69, 9.17) is 26.8 Å². The van der Waals surface area contributed by atoms with Gasteiger partial charge in [0.15, 0.2) is 22.1 Å². The number of rotatable bonds is 8. The summed E-state index contributed by atoms with van der Waals surface area (Å²) in [6.07, 6.45) is 10.0. The molecular formula is C26H37N5O3S. The topological polar surface area (TPSA) is 73.5 Å². The SMILES string of the molecule is COc1ccc(-c2nn(CN3CCC(C(=O)NC4CC4)CC3)c(=S)n2C2CCCCC2)cc1OC. The lowest BCUT2D eigenvalue weighted by Crippen LogP contribution is -2.41. The Balaban J connectivity index is 1.37. The number of benzene rings is 1. The molecule has 1 saturated heterocycles. The maximum Gasteiger partial charge on any atom is 0.223 e. The van der Waals surface area contributed by atoms with E-state index in [-0.39, 0.29) is 11.8 Å². The van der Waals surface area contributed by atoms with E-state index < -0.39 is 0 Å². The van der Waals surface area contributed by atoms with E-state index in [1.807, 2.05) is 22.9 Å². The van der Waals surface area contributed by atoms with Crippen LogP contribution in [0.2, 0.25) is 0 Å². The molecule has 1 aliphatic heterocycles. The molecule has 3 aliphatic rings. The molecule has 190 valence electrons. The highest BCUT2D eigenvalue weighted by molar-refractivity contribution is 7.71. The Labute approximate surface area is 212 Å². The highest BCUT2D eigenvalue weighted by Crippen LogP contribution is 2.36. The van der Waals surface area contributed by atoms with Crippen LogP contribution < -0.4 is 14.8 Å². The van der Waals surface area contributed by atoms with Crippen molar-refractivity contribution in [2.45, 2.75) is 76.5 Å². The molecule has 2 aliphatic carbocycles. The first-order chi connectivity index (χ1) is 17.1. The van der Waals surface area contributed by atoms with E-state index in [2.05, 4.69) is 14.8 Å². The number of likely N-dealkylation sites (tertiary alicyclic amines) is 1. The van der Waals surface area contributed by atoms with E-state index in [1.165, 1.54) is 19.3 Å². The fourth-order valence-corrected chi connectivity index (χ4v) is 5.76. The lowest BCUT2D eigenvalue weighted by atomic mass is 9.95. The van der Waals surface area contributed by atoms with Crippen LogP contribution in [0.4, 0.5) is 0 Å². The molecule has 0 bridgehead atoms. The predicted molar refractivity (Wildman–Crippen MR) is 137 cm³/mol. The van der Waals surface area contributed by atoms with Crippen LogP contribution in [0.15, 0.2) is 18.2 Å². The summed E-state index contributed by atoms with van der Waals surface area (Å²) in [5, 5.41) is 8.21. The van der Waals surface area contributed by atoms with E-state index in [0.29, 0.717) is 30.3 Å². The van der Waals surface area contributed by atoms with Crippen LogP contribution in [0, 0.1) is 10.7 Å². The Morgan fingerprint density at radius 2 is 1.74 bits per heavy atom. The van der Waals surface area contributed by atoms with Gasteiger partial charge in [-0.15, -0.1) is 0 Å². The van der Waals surface area contributed by atoms with Gasteiger partial charge in [0.2, 0.25) is 5.91 Å². The average molecular weight is 500 g/mol. The van der Waals surface area contributed by atoms with Crippen LogP contribution in [0.3, 0.4) is 0 Å². The summed E-state index contributed by atoms with van der Waals surface area (Å²) in [5.74, 6) is 2.64. The lowest BCUT2D eigenvalue weighted by Gasteiger charge is -2.31. The molecule has 2 saturated carbocycles. The minimum atomic E-state index is 0.127. The van der Waals surface area contributed by atoms with Crippen molar-refractivity contribution in [3.05, 3.63) is 23.0 Å². The van der Waals surface area contributed by atoms with Gasteiger partial charge in [0, 0.05) is 36.7 Å². The highest BCUT2D eigenvalue weighted by atomic mass is 32.1. The van der Waals surface area contributed by atoms with E-state index in [0.717, 1.165) is 67.8 Å². The quantitative estimate of drug-likeness (QED) is 0.537. The third kappa shape index (κ3) is 5.40. The number of carbonyl (C=O) groups excluding carboxylic acids is 1. The van der Waals surface area contributed by atoms with Crippen LogP contribution in [-0.4, -0.2) is 58.5 Å². The lowest BCUT2D eigenvalue weighted by molar-refractivity contribution is -0.126. The van der Waals surface area contributed by atoms with Crippen molar-refractivity contribution in [2.75, 3.05) is 27.3 Å². The Bertz CT molecular complexity index is 1090. The zero-order valence-electron chi connectivity index (χ0n) is 20.9. The summed E-state index contributed by atoms with van der Waals surface area (Å²) in [4.78, 5) is 14.8. The number of piperidine rings is 1. The second kappa shape index (κ2) is 10.7. The largest absolute Gasteiger partial charge is 0.493 e. The zero-order valence-corrected chi connectivity index (χ0v) is 21.7. The fourth-order valence-electron chi connectivity index (χ4n) is 5.43. The molecule has 3 fully saturated rings. The van der Waals surface area contributed by atoms with Crippen LogP contribution >= 0.6 is 12.2 Å². The number of nitrogens with one attached hydrogen (secondary N) is 1. The number of nitrogens with zero attached hydrogens (tertiary/aromatic N) is 4. The summed E-state index contributed by atoms with van der Waals surface area (Å²) in [6, 6.07) is 6.75. The summed E-state index contributed by atoms with van der Waals surface area (Å²) < 4.78 is 16.0. The van der Waals surface area contributed by atoms with Gasteiger partial charge in [-0.3, -0.25) is 14.3 Å². The first-order valence-electron chi connectivity index (χ1n) is 13.0. The van der Waals surface area contributed by atoms with Crippen LogP contribution in [-0.2, 0) is 11.5 Å². The van der Waals surface area contributed by atoms with Crippen molar-refractivity contribution < 1.29 is 14.3 Å². The third-order valence-corrected chi connectivity index (χ3v) is 8.08. The highest BCUT2D eigenvalue weighted by Gasteiger charge is 2.30. The third-order valence-electron chi connectivity index (χ3n) is 7.67. The number of methoxy groups -OCH3 is 2. The maximum atomic E-state index is 12.5. The van der Waals surface area contributed by atoms with Gasteiger partial charge in [0.25, 0.3) is 0 Å². The Kier molecular flexibility index (Phi) is 7.43. The van der Waals surface area contributed by atoms with Crippen molar-refractivity contribution in [3.8, 4) is 22.9 Å². The molecule has 8 nitrogen and oxygen atoms in total. The van der Waals surface area contributed by atoms with Gasteiger partial charge in [-0.2, -0.15) is 5.10 Å².